The summed E-state index contributed by atoms with van der Waals surface area (Å²) in [6, 6.07) is 8.22. The molecule has 1 aliphatic rings. The molecule has 182 valence electrons. The van der Waals surface area contributed by atoms with E-state index in [0.717, 1.165) is 12.8 Å². The summed E-state index contributed by atoms with van der Waals surface area (Å²) in [6.07, 6.45) is 3.56. The van der Waals surface area contributed by atoms with Crippen molar-refractivity contribution in [1.82, 2.24) is 24.6 Å². The van der Waals surface area contributed by atoms with Crippen LogP contribution in [0.1, 0.15) is 19.8 Å². The number of ether oxygens (including phenoxy) is 2. The third kappa shape index (κ3) is 6.02. The second-order valence-electron chi connectivity index (χ2n) is 7.95. The van der Waals surface area contributed by atoms with E-state index >= 15 is 0 Å². The fraction of sp³-hybridized carbons (Fsp3) is 0.429. The highest BCUT2D eigenvalue weighted by Gasteiger charge is 2.30. The fourth-order valence-electron chi connectivity index (χ4n) is 3.26. The van der Waals surface area contributed by atoms with Crippen LogP contribution in [-0.4, -0.2) is 57.6 Å². The van der Waals surface area contributed by atoms with Crippen LogP contribution in [0.15, 0.2) is 36.7 Å². The van der Waals surface area contributed by atoms with Crippen molar-refractivity contribution >= 4 is 36.4 Å². The molecule has 1 aromatic carbocycles. The van der Waals surface area contributed by atoms with E-state index in [1.165, 1.54) is 7.11 Å². The average Bonchev–Trinajstić information content (AvgIpc) is 3.54. The predicted octanol–water partition coefficient (Wildman–Crippen LogP) is 2.38. The van der Waals surface area contributed by atoms with Gasteiger partial charge in [0.25, 0.3) is 0 Å². The molecule has 2 atom stereocenters. The molecule has 0 saturated heterocycles. The van der Waals surface area contributed by atoms with Gasteiger partial charge in [0.1, 0.15) is 18.1 Å². The van der Waals surface area contributed by atoms with Gasteiger partial charge in [0, 0.05) is 12.6 Å². The fourth-order valence-corrected chi connectivity index (χ4v) is 4.97. The first kappa shape index (κ1) is 23.9. The van der Waals surface area contributed by atoms with Crippen LogP contribution in [0, 0.1) is 0 Å². The number of para-hydroxylation sites is 1. The summed E-state index contributed by atoms with van der Waals surface area (Å²) in [5.41, 5.74) is 7.10. The van der Waals surface area contributed by atoms with Crippen LogP contribution < -0.4 is 20.7 Å². The number of fused-ring (bicyclic) bond motifs is 1. The standard InChI is InChI=1S/C21H28N7O5P/c1-14(20(29)31-2)27-34(30,33-16-6-4-3-5-7-16)13-32-11-10-28-12-23-17-18(24-15-8-9-15)25-21(22)26-19(17)28/h3-7,12,14-15H,8-11,13H2,1-2H3,(H,27,30)(H3,22,24,25,26)/t14-,34?/m1/s1. The first-order chi connectivity index (χ1) is 16.4. The summed E-state index contributed by atoms with van der Waals surface area (Å²) in [5.74, 6) is 0.601. The molecule has 13 heteroatoms. The third-order valence-corrected chi connectivity index (χ3v) is 6.89. The maximum atomic E-state index is 13.5. The Morgan fingerprint density at radius 3 is 2.76 bits per heavy atom. The van der Waals surface area contributed by atoms with Gasteiger partial charge in [0.05, 0.1) is 20.0 Å². The minimum atomic E-state index is -3.60. The van der Waals surface area contributed by atoms with E-state index < -0.39 is 19.5 Å². The highest BCUT2D eigenvalue weighted by atomic mass is 31.2. The quantitative estimate of drug-likeness (QED) is 0.195. The van der Waals surface area contributed by atoms with Crippen LogP contribution in [0.4, 0.5) is 11.8 Å². The number of nitrogens with zero attached hydrogens (tertiary/aromatic N) is 4. The zero-order chi connectivity index (χ0) is 24.1. The highest BCUT2D eigenvalue weighted by Crippen LogP contribution is 2.43. The zero-order valence-corrected chi connectivity index (χ0v) is 19.9. The minimum Gasteiger partial charge on any atom is -0.468 e. The van der Waals surface area contributed by atoms with Gasteiger partial charge in [-0.2, -0.15) is 9.97 Å². The third-order valence-electron chi connectivity index (χ3n) is 5.08. The smallest absolute Gasteiger partial charge is 0.342 e. The number of carbonyl (C=O) groups excluding carboxylic acids is 1. The van der Waals surface area contributed by atoms with E-state index in [9.17, 15) is 9.36 Å². The van der Waals surface area contributed by atoms with Crippen LogP contribution in [0.3, 0.4) is 0 Å². The van der Waals surface area contributed by atoms with E-state index in [1.54, 1.807) is 42.1 Å². The summed E-state index contributed by atoms with van der Waals surface area (Å²) in [7, 11) is -2.34. The Hall–Kier alpha value is -3.21. The van der Waals surface area contributed by atoms with Crippen molar-refractivity contribution < 1.29 is 23.4 Å². The number of hydrogen-bond donors (Lipinski definition) is 3. The Morgan fingerprint density at radius 1 is 1.29 bits per heavy atom. The summed E-state index contributed by atoms with van der Waals surface area (Å²) in [6.45, 7) is 2.12. The SMILES string of the molecule is COC(=O)[C@@H](C)NP(=O)(COCCn1cnc2c(NC3CC3)nc(N)nc21)Oc1ccccc1. The lowest BCUT2D eigenvalue weighted by Crippen LogP contribution is -2.35. The largest absolute Gasteiger partial charge is 0.468 e. The number of hydrogen-bond acceptors (Lipinski definition) is 10. The maximum Gasteiger partial charge on any atom is 0.342 e. The van der Waals surface area contributed by atoms with E-state index in [0.29, 0.717) is 35.3 Å². The van der Waals surface area contributed by atoms with Crippen LogP contribution in [0.2, 0.25) is 0 Å². The molecule has 0 radical (unpaired) electrons. The van der Waals surface area contributed by atoms with Gasteiger partial charge in [-0.05, 0) is 31.9 Å². The number of nitrogen functional groups attached to an aromatic ring is 1. The van der Waals surface area contributed by atoms with Crippen molar-refractivity contribution in [2.45, 2.75) is 38.4 Å². The van der Waals surface area contributed by atoms with Crippen molar-refractivity contribution in [1.29, 1.82) is 0 Å². The summed E-state index contributed by atoms with van der Waals surface area (Å²) >= 11 is 0. The Kier molecular flexibility index (Phi) is 7.30. The number of benzene rings is 1. The molecule has 0 aliphatic heterocycles. The Morgan fingerprint density at radius 2 is 2.06 bits per heavy atom. The highest BCUT2D eigenvalue weighted by molar-refractivity contribution is 7.57. The van der Waals surface area contributed by atoms with Crippen LogP contribution >= 0.6 is 7.52 Å². The van der Waals surface area contributed by atoms with Crippen molar-refractivity contribution in [3.63, 3.8) is 0 Å². The molecule has 34 heavy (non-hydrogen) atoms. The molecule has 0 spiro atoms. The molecule has 0 bridgehead atoms. The number of rotatable bonds is 12. The number of carbonyl (C=O) groups is 1. The van der Waals surface area contributed by atoms with Crippen LogP contribution in [-0.2, 0) is 25.4 Å². The first-order valence-corrected chi connectivity index (χ1v) is 12.7. The van der Waals surface area contributed by atoms with Gasteiger partial charge in [-0.3, -0.25) is 9.36 Å². The maximum absolute atomic E-state index is 13.5. The van der Waals surface area contributed by atoms with Crippen molar-refractivity contribution in [2.75, 3.05) is 31.1 Å². The number of nitrogens with two attached hydrogens (primary N) is 1. The molecule has 4 rings (SSSR count). The normalized spacial score (nSPS) is 16.1. The van der Waals surface area contributed by atoms with E-state index in [-0.39, 0.29) is 18.9 Å². The number of methoxy groups -OCH3 is 1. The van der Waals surface area contributed by atoms with E-state index in [1.807, 2.05) is 6.07 Å². The summed E-state index contributed by atoms with van der Waals surface area (Å²) in [5, 5.41) is 6.04. The molecule has 1 fully saturated rings. The van der Waals surface area contributed by atoms with Gasteiger partial charge in [0.15, 0.2) is 17.0 Å². The molecule has 12 nitrogen and oxygen atoms in total. The second kappa shape index (κ2) is 10.4. The molecular formula is C21H28N7O5P. The molecule has 2 heterocycles. The van der Waals surface area contributed by atoms with Crippen molar-refractivity contribution in [2.24, 2.45) is 0 Å². The minimum absolute atomic E-state index is 0.153. The van der Waals surface area contributed by atoms with Gasteiger partial charge in [-0.25, -0.2) is 10.1 Å². The van der Waals surface area contributed by atoms with Crippen molar-refractivity contribution in [3.05, 3.63) is 36.7 Å². The Balaban J connectivity index is 1.41. The molecule has 1 aliphatic carbocycles. The lowest BCUT2D eigenvalue weighted by Gasteiger charge is -2.23. The van der Waals surface area contributed by atoms with Gasteiger partial charge in [0.2, 0.25) is 5.95 Å². The molecule has 1 unspecified atom stereocenters. The molecule has 2 aromatic heterocycles. The summed E-state index contributed by atoms with van der Waals surface area (Å²) < 4.78 is 31.4. The average molecular weight is 489 g/mol. The molecular weight excluding hydrogens is 461 g/mol. The second-order valence-corrected chi connectivity index (χ2v) is 9.99. The number of nitrogens with one attached hydrogen (secondary N) is 2. The Bertz CT molecular complexity index is 1180. The van der Waals surface area contributed by atoms with Crippen LogP contribution in [0.5, 0.6) is 5.75 Å². The number of aromatic nitrogens is 4. The number of esters is 1. The first-order valence-electron chi connectivity index (χ1n) is 10.9. The van der Waals surface area contributed by atoms with Crippen LogP contribution in [0.25, 0.3) is 11.2 Å². The number of imidazole rings is 1. The molecule has 1 saturated carbocycles. The molecule has 4 N–H and O–H groups in total. The lowest BCUT2D eigenvalue weighted by atomic mass is 10.3. The van der Waals surface area contributed by atoms with Gasteiger partial charge in [-0.1, -0.05) is 18.2 Å². The Labute approximate surface area is 196 Å². The number of anilines is 2. The molecule has 3 aromatic rings. The monoisotopic (exact) mass is 489 g/mol. The van der Waals surface area contributed by atoms with Gasteiger partial charge >= 0.3 is 13.5 Å². The summed E-state index contributed by atoms with van der Waals surface area (Å²) in [4.78, 5) is 24.8. The zero-order valence-electron chi connectivity index (χ0n) is 19.0. The molecule has 0 amide bonds. The van der Waals surface area contributed by atoms with Gasteiger partial charge < -0.3 is 29.6 Å². The predicted molar refractivity (Wildman–Crippen MR) is 126 cm³/mol. The topological polar surface area (TPSA) is 156 Å². The van der Waals surface area contributed by atoms with E-state index in [2.05, 4.69) is 25.4 Å². The van der Waals surface area contributed by atoms with E-state index in [4.69, 9.17) is 19.7 Å². The van der Waals surface area contributed by atoms with Gasteiger partial charge in [-0.15, -0.1) is 0 Å². The lowest BCUT2D eigenvalue weighted by molar-refractivity contribution is -0.142. The van der Waals surface area contributed by atoms with Crippen molar-refractivity contribution in [3.8, 4) is 5.75 Å².